The number of hydrogen-bond acceptors (Lipinski definition) is 4. The highest BCUT2D eigenvalue weighted by Gasteiger charge is 2.30. The molecule has 7 heteroatoms. The van der Waals surface area contributed by atoms with Gasteiger partial charge < -0.3 is 4.74 Å². The van der Waals surface area contributed by atoms with Gasteiger partial charge >= 0.3 is 6.18 Å². The fourth-order valence-corrected chi connectivity index (χ4v) is 3.04. The van der Waals surface area contributed by atoms with Gasteiger partial charge in [0.25, 0.3) is 0 Å². The van der Waals surface area contributed by atoms with E-state index < -0.39 is 11.7 Å². The molecular formula is C20H16F3N3O. The second kappa shape index (κ2) is 7.00. The Bertz CT molecular complexity index is 927. The van der Waals surface area contributed by atoms with E-state index in [2.05, 4.69) is 14.9 Å². The van der Waals surface area contributed by atoms with Crippen LogP contribution in [-0.2, 0) is 19.3 Å². The van der Waals surface area contributed by atoms with Gasteiger partial charge in [0.05, 0.1) is 12.1 Å². The highest BCUT2D eigenvalue weighted by molar-refractivity contribution is 5.66. The number of rotatable bonds is 3. The predicted molar refractivity (Wildman–Crippen MR) is 93.7 cm³/mol. The first-order valence-electron chi connectivity index (χ1n) is 8.41. The minimum Gasteiger partial charge on any atom is -0.478 e. The standard InChI is InChI=1S/C20H16F3N3O/c21-20(22,23)17-5-2-14(3-6-17)15-4-7-18-16(10-15)11-26(13-27-18)12-19-24-8-1-9-25-19/h1-10H,11-13H2. The Kier molecular flexibility index (Phi) is 4.53. The summed E-state index contributed by atoms with van der Waals surface area (Å²) in [4.78, 5) is 10.5. The minimum absolute atomic E-state index is 0.435. The van der Waals surface area contributed by atoms with Crippen molar-refractivity contribution in [2.75, 3.05) is 6.73 Å². The average molecular weight is 371 g/mol. The molecule has 2 heterocycles. The predicted octanol–water partition coefficient (Wildman–Crippen LogP) is 4.51. The molecule has 2 aromatic carbocycles. The third-order valence-corrected chi connectivity index (χ3v) is 4.39. The van der Waals surface area contributed by atoms with E-state index in [4.69, 9.17) is 4.74 Å². The number of benzene rings is 2. The molecule has 4 nitrogen and oxygen atoms in total. The topological polar surface area (TPSA) is 38.2 Å². The quantitative estimate of drug-likeness (QED) is 0.679. The molecule has 0 aliphatic carbocycles. The smallest absolute Gasteiger partial charge is 0.416 e. The van der Waals surface area contributed by atoms with Crippen molar-refractivity contribution >= 4 is 0 Å². The highest BCUT2D eigenvalue weighted by Crippen LogP contribution is 2.33. The first-order chi connectivity index (χ1) is 13.0. The summed E-state index contributed by atoms with van der Waals surface area (Å²) in [7, 11) is 0. The van der Waals surface area contributed by atoms with Gasteiger partial charge in [-0.2, -0.15) is 13.2 Å². The molecule has 0 fully saturated rings. The van der Waals surface area contributed by atoms with Crippen molar-refractivity contribution in [2.24, 2.45) is 0 Å². The largest absolute Gasteiger partial charge is 0.478 e. The molecule has 0 N–H and O–H groups in total. The van der Waals surface area contributed by atoms with Crippen molar-refractivity contribution in [2.45, 2.75) is 19.3 Å². The SMILES string of the molecule is FC(F)(F)c1ccc(-c2ccc3c(c2)CN(Cc2ncccn2)CO3)cc1. The van der Waals surface area contributed by atoms with Crippen LogP contribution in [0.1, 0.15) is 17.0 Å². The van der Waals surface area contributed by atoms with Crippen LogP contribution < -0.4 is 4.74 Å². The minimum atomic E-state index is -4.33. The summed E-state index contributed by atoms with van der Waals surface area (Å²) in [5.74, 6) is 1.50. The summed E-state index contributed by atoms with van der Waals surface area (Å²) in [5, 5.41) is 0. The van der Waals surface area contributed by atoms with Gasteiger partial charge in [-0.15, -0.1) is 0 Å². The molecule has 1 aromatic heterocycles. The average Bonchev–Trinajstić information content (AvgIpc) is 2.68. The number of aromatic nitrogens is 2. The van der Waals surface area contributed by atoms with Crippen LogP contribution in [-0.4, -0.2) is 21.6 Å². The van der Waals surface area contributed by atoms with E-state index in [-0.39, 0.29) is 0 Å². The molecule has 0 amide bonds. The van der Waals surface area contributed by atoms with E-state index in [0.717, 1.165) is 34.6 Å². The lowest BCUT2D eigenvalue weighted by molar-refractivity contribution is -0.137. The number of nitrogens with zero attached hydrogens (tertiary/aromatic N) is 3. The Labute approximate surface area is 154 Å². The van der Waals surface area contributed by atoms with Crippen LogP contribution in [0.3, 0.4) is 0 Å². The fourth-order valence-electron chi connectivity index (χ4n) is 3.04. The van der Waals surface area contributed by atoms with Crippen LogP contribution in [0.5, 0.6) is 5.75 Å². The van der Waals surface area contributed by atoms with E-state index >= 15 is 0 Å². The van der Waals surface area contributed by atoms with Gasteiger partial charge in [0.2, 0.25) is 0 Å². The van der Waals surface area contributed by atoms with Crippen LogP contribution in [0.15, 0.2) is 60.9 Å². The van der Waals surface area contributed by atoms with Crippen molar-refractivity contribution in [3.63, 3.8) is 0 Å². The first-order valence-corrected chi connectivity index (χ1v) is 8.41. The zero-order chi connectivity index (χ0) is 18.9. The van der Waals surface area contributed by atoms with Crippen molar-refractivity contribution in [3.05, 3.63) is 77.9 Å². The van der Waals surface area contributed by atoms with E-state index in [0.29, 0.717) is 25.6 Å². The lowest BCUT2D eigenvalue weighted by Gasteiger charge is -2.28. The van der Waals surface area contributed by atoms with Gasteiger partial charge in [-0.1, -0.05) is 18.2 Å². The number of fused-ring (bicyclic) bond motifs is 1. The summed E-state index contributed by atoms with van der Waals surface area (Å²) >= 11 is 0. The fraction of sp³-hybridized carbons (Fsp3) is 0.200. The Morgan fingerprint density at radius 1 is 0.963 bits per heavy atom. The highest BCUT2D eigenvalue weighted by atomic mass is 19.4. The number of hydrogen-bond donors (Lipinski definition) is 0. The maximum atomic E-state index is 12.7. The van der Waals surface area contributed by atoms with Gasteiger partial charge in [0, 0.05) is 24.5 Å². The Morgan fingerprint density at radius 3 is 2.37 bits per heavy atom. The molecule has 0 bridgehead atoms. The summed E-state index contributed by atoms with van der Waals surface area (Å²) in [6.45, 7) is 1.65. The third-order valence-electron chi connectivity index (χ3n) is 4.39. The van der Waals surface area contributed by atoms with Crippen LogP contribution >= 0.6 is 0 Å². The maximum absolute atomic E-state index is 12.7. The lowest BCUT2D eigenvalue weighted by Crippen LogP contribution is -2.32. The summed E-state index contributed by atoms with van der Waals surface area (Å²) in [5.41, 5.74) is 1.91. The molecule has 0 unspecified atom stereocenters. The molecular weight excluding hydrogens is 355 g/mol. The van der Waals surface area contributed by atoms with E-state index in [1.165, 1.54) is 12.1 Å². The van der Waals surface area contributed by atoms with Crippen LogP contribution in [0.4, 0.5) is 13.2 Å². The van der Waals surface area contributed by atoms with Gasteiger partial charge in [-0.05, 0) is 41.5 Å². The Morgan fingerprint density at radius 2 is 1.67 bits per heavy atom. The van der Waals surface area contributed by atoms with Crippen molar-refractivity contribution in [3.8, 4) is 16.9 Å². The van der Waals surface area contributed by atoms with Gasteiger partial charge in [0.15, 0.2) is 0 Å². The number of alkyl halides is 3. The molecule has 0 atom stereocenters. The zero-order valence-corrected chi connectivity index (χ0v) is 14.3. The molecule has 0 saturated carbocycles. The van der Waals surface area contributed by atoms with Gasteiger partial charge in [-0.3, -0.25) is 4.90 Å². The third kappa shape index (κ3) is 3.93. The van der Waals surface area contributed by atoms with Gasteiger partial charge in [0.1, 0.15) is 18.3 Å². The maximum Gasteiger partial charge on any atom is 0.416 e. The molecule has 0 radical (unpaired) electrons. The van der Waals surface area contributed by atoms with Crippen molar-refractivity contribution in [1.82, 2.24) is 14.9 Å². The van der Waals surface area contributed by atoms with E-state index in [9.17, 15) is 13.2 Å². The second-order valence-electron chi connectivity index (χ2n) is 6.32. The van der Waals surface area contributed by atoms with E-state index in [1.807, 2.05) is 18.2 Å². The molecule has 138 valence electrons. The molecule has 3 aromatic rings. The Balaban J connectivity index is 1.54. The molecule has 0 spiro atoms. The normalized spacial score (nSPS) is 14.5. The van der Waals surface area contributed by atoms with Crippen LogP contribution in [0.25, 0.3) is 11.1 Å². The number of halogens is 3. The van der Waals surface area contributed by atoms with Gasteiger partial charge in [-0.25, -0.2) is 9.97 Å². The molecule has 0 saturated heterocycles. The number of ether oxygens (including phenoxy) is 1. The van der Waals surface area contributed by atoms with Crippen LogP contribution in [0, 0.1) is 0 Å². The first kappa shape index (κ1) is 17.5. The van der Waals surface area contributed by atoms with Crippen molar-refractivity contribution < 1.29 is 17.9 Å². The molecule has 1 aliphatic heterocycles. The molecule has 27 heavy (non-hydrogen) atoms. The zero-order valence-electron chi connectivity index (χ0n) is 14.3. The monoisotopic (exact) mass is 371 g/mol. The Hall–Kier alpha value is -2.93. The lowest BCUT2D eigenvalue weighted by atomic mass is 10.0. The summed E-state index contributed by atoms with van der Waals surface area (Å²) < 4.78 is 44.0. The molecule has 1 aliphatic rings. The van der Waals surface area contributed by atoms with Crippen LogP contribution in [0.2, 0.25) is 0 Å². The summed E-state index contributed by atoms with van der Waals surface area (Å²) in [6, 6.07) is 12.6. The molecule has 4 rings (SSSR count). The van der Waals surface area contributed by atoms with E-state index in [1.54, 1.807) is 18.5 Å². The summed E-state index contributed by atoms with van der Waals surface area (Å²) in [6.07, 6.45) is -0.935. The second-order valence-corrected chi connectivity index (χ2v) is 6.32. The van der Waals surface area contributed by atoms with Crippen molar-refractivity contribution in [1.29, 1.82) is 0 Å².